The van der Waals surface area contributed by atoms with E-state index in [4.69, 9.17) is 21.0 Å². The van der Waals surface area contributed by atoms with Crippen molar-refractivity contribution in [3.05, 3.63) is 41.1 Å². The molecule has 0 bridgehead atoms. The molecule has 0 saturated carbocycles. The third-order valence-electron chi connectivity index (χ3n) is 2.97. The molecular formula is C15H13N5O2. The predicted octanol–water partition coefficient (Wildman–Crippen LogP) is 1.57. The minimum Gasteiger partial charge on any atom is -0.461 e. The normalized spacial score (nSPS) is 9.77. The van der Waals surface area contributed by atoms with Crippen LogP contribution in [0, 0.1) is 22.7 Å². The molecule has 0 radical (unpaired) electrons. The monoisotopic (exact) mass is 295 g/mol. The van der Waals surface area contributed by atoms with E-state index in [-0.39, 0.29) is 23.7 Å². The van der Waals surface area contributed by atoms with Gasteiger partial charge in [-0.25, -0.2) is 9.48 Å². The molecule has 0 spiro atoms. The summed E-state index contributed by atoms with van der Waals surface area (Å²) >= 11 is 0. The number of anilines is 1. The van der Waals surface area contributed by atoms with E-state index >= 15 is 0 Å². The first-order valence-corrected chi connectivity index (χ1v) is 6.54. The zero-order chi connectivity index (χ0) is 16.1. The van der Waals surface area contributed by atoms with Gasteiger partial charge in [0.25, 0.3) is 0 Å². The summed E-state index contributed by atoms with van der Waals surface area (Å²) in [6.07, 6.45) is 0.298. The lowest BCUT2D eigenvalue weighted by atomic mass is 10.1. The average Bonchev–Trinajstić information content (AvgIpc) is 2.85. The fourth-order valence-corrected chi connectivity index (χ4v) is 1.93. The average molecular weight is 295 g/mol. The van der Waals surface area contributed by atoms with Crippen LogP contribution in [-0.4, -0.2) is 22.4 Å². The highest BCUT2D eigenvalue weighted by atomic mass is 16.5. The first kappa shape index (κ1) is 15.1. The molecule has 2 rings (SSSR count). The summed E-state index contributed by atoms with van der Waals surface area (Å²) in [6, 6.07) is 10.9. The third-order valence-corrected chi connectivity index (χ3v) is 2.97. The number of aromatic nitrogens is 2. The van der Waals surface area contributed by atoms with Gasteiger partial charge in [0.05, 0.1) is 24.8 Å². The van der Waals surface area contributed by atoms with Gasteiger partial charge in [0, 0.05) is 0 Å². The van der Waals surface area contributed by atoms with Crippen molar-refractivity contribution in [1.82, 2.24) is 9.78 Å². The number of nitriles is 2. The van der Waals surface area contributed by atoms with E-state index in [1.165, 1.54) is 4.68 Å². The van der Waals surface area contributed by atoms with Crippen molar-refractivity contribution in [2.24, 2.45) is 0 Å². The molecule has 7 heteroatoms. The first-order chi connectivity index (χ1) is 10.6. The van der Waals surface area contributed by atoms with Crippen molar-refractivity contribution >= 4 is 11.8 Å². The SMILES string of the molecule is CCOC(=O)c1nn(-c2ccc(CC#N)cc2)c(N)c1C#N. The Labute approximate surface area is 127 Å². The highest BCUT2D eigenvalue weighted by Crippen LogP contribution is 2.21. The number of carbonyl (C=O) groups is 1. The summed E-state index contributed by atoms with van der Waals surface area (Å²) in [7, 11) is 0. The lowest BCUT2D eigenvalue weighted by Gasteiger charge is -2.04. The molecule has 22 heavy (non-hydrogen) atoms. The van der Waals surface area contributed by atoms with Crippen LogP contribution in [0.15, 0.2) is 24.3 Å². The lowest BCUT2D eigenvalue weighted by molar-refractivity contribution is 0.0518. The second-order valence-electron chi connectivity index (χ2n) is 4.35. The van der Waals surface area contributed by atoms with Crippen LogP contribution in [0.25, 0.3) is 5.69 Å². The van der Waals surface area contributed by atoms with Crippen molar-refractivity contribution in [1.29, 1.82) is 10.5 Å². The maximum Gasteiger partial charge on any atom is 0.360 e. The molecule has 0 atom stereocenters. The Kier molecular flexibility index (Phi) is 4.40. The van der Waals surface area contributed by atoms with Gasteiger partial charge in [0.15, 0.2) is 5.69 Å². The smallest absolute Gasteiger partial charge is 0.360 e. The van der Waals surface area contributed by atoms with Crippen LogP contribution in [-0.2, 0) is 11.2 Å². The van der Waals surface area contributed by atoms with Crippen LogP contribution in [0.4, 0.5) is 5.82 Å². The molecule has 0 amide bonds. The van der Waals surface area contributed by atoms with E-state index < -0.39 is 5.97 Å². The zero-order valence-electron chi connectivity index (χ0n) is 11.9. The van der Waals surface area contributed by atoms with Gasteiger partial charge in [0.2, 0.25) is 0 Å². The van der Waals surface area contributed by atoms with Gasteiger partial charge in [0.1, 0.15) is 17.5 Å². The molecule has 0 aliphatic rings. The van der Waals surface area contributed by atoms with Crippen LogP contribution >= 0.6 is 0 Å². The topological polar surface area (TPSA) is 118 Å². The number of nitrogens with zero attached hydrogens (tertiary/aromatic N) is 4. The van der Waals surface area contributed by atoms with E-state index in [1.807, 2.05) is 6.07 Å². The van der Waals surface area contributed by atoms with Crippen molar-refractivity contribution in [3.8, 4) is 17.8 Å². The predicted molar refractivity (Wildman–Crippen MR) is 78.0 cm³/mol. The van der Waals surface area contributed by atoms with E-state index in [0.717, 1.165) is 5.56 Å². The molecule has 0 aliphatic heterocycles. The number of hydrogen-bond donors (Lipinski definition) is 1. The molecule has 1 aromatic carbocycles. The van der Waals surface area contributed by atoms with Crippen molar-refractivity contribution in [2.75, 3.05) is 12.3 Å². The first-order valence-electron chi connectivity index (χ1n) is 6.54. The fraction of sp³-hybridized carbons (Fsp3) is 0.200. The Morgan fingerprint density at radius 3 is 2.59 bits per heavy atom. The molecular weight excluding hydrogens is 282 g/mol. The Bertz CT molecular complexity index is 778. The largest absolute Gasteiger partial charge is 0.461 e. The molecule has 0 aliphatic carbocycles. The molecule has 0 fully saturated rings. The number of nitrogen functional groups attached to an aromatic ring is 1. The van der Waals surface area contributed by atoms with Gasteiger partial charge in [-0.3, -0.25) is 0 Å². The van der Waals surface area contributed by atoms with E-state index in [9.17, 15) is 4.79 Å². The Morgan fingerprint density at radius 2 is 2.05 bits per heavy atom. The summed E-state index contributed by atoms with van der Waals surface area (Å²) in [5, 5.41) is 21.9. The van der Waals surface area contributed by atoms with Crippen LogP contribution in [0.5, 0.6) is 0 Å². The van der Waals surface area contributed by atoms with Gasteiger partial charge >= 0.3 is 5.97 Å². The van der Waals surface area contributed by atoms with Crippen molar-refractivity contribution in [3.63, 3.8) is 0 Å². The minimum absolute atomic E-state index is 0.0143. The lowest BCUT2D eigenvalue weighted by Crippen LogP contribution is -2.08. The standard InChI is InChI=1S/C15H13N5O2/c1-2-22-15(21)13-12(9-17)14(18)20(19-13)11-5-3-10(4-6-11)7-8-16/h3-6H,2,7,18H2,1H3. The number of benzene rings is 1. The Balaban J connectivity index is 2.46. The number of nitrogens with two attached hydrogens (primary N) is 1. The minimum atomic E-state index is -0.689. The fourth-order valence-electron chi connectivity index (χ4n) is 1.93. The third kappa shape index (κ3) is 2.74. The second-order valence-corrected chi connectivity index (χ2v) is 4.35. The van der Waals surface area contributed by atoms with Crippen LogP contribution < -0.4 is 5.73 Å². The number of rotatable bonds is 4. The van der Waals surface area contributed by atoms with Crippen LogP contribution in [0.2, 0.25) is 0 Å². The number of esters is 1. The summed E-state index contributed by atoms with van der Waals surface area (Å²) in [5.74, 6) is -0.621. The van der Waals surface area contributed by atoms with Gasteiger partial charge in [-0.05, 0) is 24.6 Å². The molecule has 2 N–H and O–H groups in total. The molecule has 0 unspecified atom stereocenters. The van der Waals surface area contributed by atoms with Gasteiger partial charge < -0.3 is 10.5 Å². The summed E-state index contributed by atoms with van der Waals surface area (Å²) < 4.78 is 6.17. The van der Waals surface area contributed by atoms with Crippen molar-refractivity contribution < 1.29 is 9.53 Å². The highest BCUT2D eigenvalue weighted by molar-refractivity contribution is 5.92. The summed E-state index contributed by atoms with van der Waals surface area (Å²) in [5.41, 5.74) is 7.21. The number of carbonyl (C=O) groups excluding carboxylic acids is 1. The molecule has 1 heterocycles. The number of ether oxygens (including phenoxy) is 1. The van der Waals surface area contributed by atoms with E-state index in [0.29, 0.717) is 12.1 Å². The van der Waals surface area contributed by atoms with E-state index in [2.05, 4.69) is 11.2 Å². The molecule has 7 nitrogen and oxygen atoms in total. The molecule has 1 aromatic heterocycles. The maximum atomic E-state index is 11.8. The maximum absolute atomic E-state index is 11.8. The van der Waals surface area contributed by atoms with Gasteiger partial charge in [-0.15, -0.1) is 0 Å². The second kappa shape index (κ2) is 6.42. The quantitative estimate of drug-likeness (QED) is 0.855. The van der Waals surface area contributed by atoms with Crippen LogP contribution in [0.3, 0.4) is 0 Å². The molecule has 0 saturated heterocycles. The Morgan fingerprint density at radius 1 is 1.36 bits per heavy atom. The highest BCUT2D eigenvalue weighted by Gasteiger charge is 2.23. The van der Waals surface area contributed by atoms with Gasteiger partial charge in [-0.1, -0.05) is 12.1 Å². The molecule has 110 valence electrons. The summed E-state index contributed by atoms with van der Waals surface area (Å²) in [6.45, 7) is 1.84. The number of hydrogen-bond acceptors (Lipinski definition) is 6. The van der Waals surface area contributed by atoms with Crippen LogP contribution in [0.1, 0.15) is 28.5 Å². The Hall–Kier alpha value is -3.32. The molecule has 2 aromatic rings. The summed E-state index contributed by atoms with van der Waals surface area (Å²) in [4.78, 5) is 11.8. The zero-order valence-corrected chi connectivity index (χ0v) is 11.9. The van der Waals surface area contributed by atoms with Crippen molar-refractivity contribution in [2.45, 2.75) is 13.3 Å². The van der Waals surface area contributed by atoms with E-state index in [1.54, 1.807) is 31.2 Å². The van der Waals surface area contributed by atoms with Gasteiger partial charge in [-0.2, -0.15) is 15.6 Å².